The molecule has 0 saturated heterocycles. The third kappa shape index (κ3) is 4.09. The Kier molecular flexibility index (Phi) is 5.44. The number of hydrogen-bond donors (Lipinski definition) is 0. The third-order valence-corrected chi connectivity index (χ3v) is 5.81. The molecule has 0 unspecified atom stereocenters. The fraction of sp³-hybridized carbons (Fsp3) is 0.0800. The van der Waals surface area contributed by atoms with Gasteiger partial charge in [-0.05, 0) is 52.1 Å². The van der Waals surface area contributed by atoms with E-state index in [4.69, 9.17) is 0 Å². The summed E-state index contributed by atoms with van der Waals surface area (Å²) in [7, 11) is 0. The van der Waals surface area contributed by atoms with E-state index in [0.717, 1.165) is 30.3 Å². The van der Waals surface area contributed by atoms with E-state index in [1.165, 1.54) is 12.1 Å². The molecule has 0 amide bonds. The molecule has 0 bridgehead atoms. The van der Waals surface area contributed by atoms with Crippen LogP contribution in [0.25, 0.3) is 27.8 Å². The number of alkyl halides is 6. The number of hydrogen-bond acceptors (Lipinski definition) is 5. The van der Waals surface area contributed by atoms with Gasteiger partial charge in [-0.1, -0.05) is 24.3 Å². The maximum atomic E-state index is 14.3. The molecule has 0 aromatic heterocycles. The van der Waals surface area contributed by atoms with Crippen molar-refractivity contribution in [1.29, 1.82) is 0 Å². The lowest BCUT2D eigenvalue weighted by Crippen LogP contribution is -2.29. The van der Waals surface area contributed by atoms with Crippen molar-refractivity contribution in [3.63, 3.8) is 0 Å². The van der Waals surface area contributed by atoms with Crippen LogP contribution in [-0.4, -0.2) is 30.4 Å². The fourth-order valence-corrected chi connectivity index (χ4v) is 4.58. The summed E-state index contributed by atoms with van der Waals surface area (Å²) in [5.74, 6) is -7.64. The van der Waals surface area contributed by atoms with Gasteiger partial charge in [0.2, 0.25) is 0 Å². The van der Waals surface area contributed by atoms with Crippen molar-refractivity contribution in [1.82, 2.24) is 0 Å². The number of rotatable bonds is 2. The molecule has 0 heterocycles. The molecule has 38 heavy (non-hydrogen) atoms. The lowest BCUT2D eigenvalue weighted by Gasteiger charge is -2.15. The Morgan fingerprint density at radius 2 is 1.05 bits per heavy atom. The van der Waals surface area contributed by atoms with E-state index in [1.54, 1.807) is 0 Å². The molecule has 0 saturated carbocycles. The van der Waals surface area contributed by atoms with Crippen LogP contribution in [0.5, 0.6) is 0 Å². The Morgan fingerprint density at radius 3 is 1.61 bits per heavy atom. The van der Waals surface area contributed by atoms with Crippen LogP contribution < -0.4 is 0 Å². The number of fused-ring (bicyclic) bond motifs is 7. The van der Waals surface area contributed by atoms with Crippen molar-refractivity contribution in [2.24, 2.45) is 0 Å². The lowest BCUT2D eigenvalue weighted by molar-refractivity contribution is -0.306. The van der Waals surface area contributed by atoms with Crippen molar-refractivity contribution in [3.05, 3.63) is 88.0 Å². The highest BCUT2D eigenvalue weighted by Gasteiger charge is 2.45. The molecule has 0 aliphatic heterocycles. The maximum Gasteiger partial charge on any atom is 0.575 e. The Bertz CT molecular complexity index is 1590. The molecule has 2 aliphatic rings. The van der Waals surface area contributed by atoms with Gasteiger partial charge in [0.1, 0.15) is 11.6 Å². The summed E-state index contributed by atoms with van der Waals surface area (Å²) in [6.45, 7) is 0. The Morgan fingerprint density at radius 1 is 0.579 bits per heavy atom. The number of ketones is 1. The zero-order chi connectivity index (χ0) is 27.7. The Labute approximate surface area is 205 Å². The second-order valence-corrected chi connectivity index (χ2v) is 8.04. The topological polar surface area (TPSA) is 69.7 Å². The van der Waals surface area contributed by atoms with Crippen LogP contribution in [0.1, 0.15) is 27.0 Å². The van der Waals surface area contributed by atoms with Crippen LogP contribution in [0.15, 0.2) is 54.1 Å². The van der Waals surface area contributed by atoms with Gasteiger partial charge in [0.15, 0.2) is 11.4 Å². The first-order chi connectivity index (χ1) is 17.7. The summed E-state index contributed by atoms with van der Waals surface area (Å²) in [5.41, 5.74) is -3.45. The number of carbonyl (C=O) groups is 3. The molecular weight excluding hydrogens is 532 g/mol. The molecule has 2 aliphatic carbocycles. The predicted molar refractivity (Wildman–Crippen MR) is 111 cm³/mol. The monoisotopic (exact) mass is 540 g/mol. The smallest absolute Gasteiger partial charge is 0.369 e. The summed E-state index contributed by atoms with van der Waals surface area (Å²) in [5, 5.41) is 0. The van der Waals surface area contributed by atoms with E-state index < -0.39 is 58.8 Å². The van der Waals surface area contributed by atoms with Gasteiger partial charge in [-0.3, -0.25) is 4.79 Å². The number of carbonyl (C=O) groups excluding carboxylic acids is 3. The molecule has 0 fully saturated rings. The van der Waals surface area contributed by atoms with Gasteiger partial charge in [-0.2, -0.15) is 0 Å². The molecule has 13 heteroatoms. The molecule has 5 rings (SSSR count). The predicted octanol–water partition coefficient (Wildman–Crippen LogP) is 6.08. The second-order valence-electron chi connectivity index (χ2n) is 8.04. The first kappa shape index (κ1) is 25.1. The molecule has 3 aromatic rings. The van der Waals surface area contributed by atoms with E-state index in [9.17, 15) is 49.5 Å². The summed E-state index contributed by atoms with van der Waals surface area (Å²) >= 11 is 0. The van der Waals surface area contributed by atoms with E-state index >= 15 is 0 Å². The van der Waals surface area contributed by atoms with Crippen LogP contribution in [0, 0.1) is 11.6 Å². The molecule has 0 N–H and O–H groups in total. The zero-order valence-electron chi connectivity index (χ0n) is 18.2. The van der Waals surface area contributed by atoms with Crippen LogP contribution in [-0.2, 0) is 19.1 Å². The van der Waals surface area contributed by atoms with Crippen molar-refractivity contribution < 1.29 is 59.0 Å². The first-order valence-corrected chi connectivity index (χ1v) is 10.3. The highest BCUT2D eigenvalue weighted by Crippen LogP contribution is 2.52. The van der Waals surface area contributed by atoms with Gasteiger partial charge in [0, 0.05) is 22.3 Å². The van der Waals surface area contributed by atoms with Crippen LogP contribution in [0.4, 0.5) is 35.1 Å². The molecule has 194 valence electrons. The molecule has 0 atom stereocenters. The molecular formula is C25H8F8O5. The van der Waals surface area contributed by atoms with Crippen LogP contribution in [0.3, 0.4) is 0 Å². The minimum atomic E-state index is -5.72. The highest BCUT2D eigenvalue weighted by molar-refractivity contribution is 6.30. The second kappa shape index (κ2) is 8.23. The van der Waals surface area contributed by atoms with Gasteiger partial charge in [0.05, 0.1) is 0 Å². The van der Waals surface area contributed by atoms with E-state index in [0.29, 0.717) is 6.07 Å². The zero-order valence-corrected chi connectivity index (χ0v) is 18.2. The average molecular weight is 540 g/mol. The minimum Gasteiger partial charge on any atom is -0.369 e. The Hall–Kier alpha value is -4.55. The molecule has 5 nitrogen and oxygen atoms in total. The largest absolute Gasteiger partial charge is 0.575 e. The van der Waals surface area contributed by atoms with Crippen molar-refractivity contribution in [2.75, 3.05) is 0 Å². The summed E-state index contributed by atoms with van der Waals surface area (Å²) in [4.78, 5) is 38.1. The van der Waals surface area contributed by atoms with Gasteiger partial charge < -0.3 is 9.47 Å². The van der Waals surface area contributed by atoms with Crippen molar-refractivity contribution in [2.45, 2.75) is 12.7 Å². The maximum absolute atomic E-state index is 14.3. The van der Waals surface area contributed by atoms with Crippen LogP contribution >= 0.6 is 0 Å². The van der Waals surface area contributed by atoms with Gasteiger partial charge in [0.25, 0.3) is 0 Å². The lowest BCUT2D eigenvalue weighted by atomic mass is 9.93. The number of esters is 2. The van der Waals surface area contributed by atoms with Gasteiger partial charge in [-0.25, -0.2) is 18.4 Å². The molecule has 3 aromatic carbocycles. The van der Waals surface area contributed by atoms with Crippen molar-refractivity contribution in [3.8, 4) is 22.3 Å². The molecule has 0 spiro atoms. The standard InChI is InChI=1S/C25H8F8O5/c26-9-2-4-13-15(7-9)18(20(22(35)37-24(28,29)30)23(36)38-25(31,32)33)14-6-5-12-11-3-1-10(27)8-16(11)21(34)19(12)17(13)14/h1-8H. The first-order valence-electron chi connectivity index (χ1n) is 10.3. The minimum absolute atomic E-state index is 0.0809. The Balaban J connectivity index is 1.85. The normalized spacial score (nSPS) is 13.5. The van der Waals surface area contributed by atoms with Gasteiger partial charge in [-0.15, -0.1) is 26.3 Å². The van der Waals surface area contributed by atoms with E-state index in [1.807, 2.05) is 0 Å². The fourth-order valence-electron chi connectivity index (χ4n) is 4.58. The third-order valence-electron chi connectivity index (χ3n) is 5.81. The summed E-state index contributed by atoms with van der Waals surface area (Å²) in [6, 6.07) is 8.29. The quantitative estimate of drug-likeness (QED) is 0.0892. The average Bonchev–Trinajstić information content (AvgIpc) is 3.23. The SMILES string of the molecule is O=C(OC(F)(F)F)C(C(=O)OC(F)(F)F)=C1c2cc(F)ccc2-c2c1ccc1c2C(=O)c2cc(F)ccc2-1. The molecule has 0 radical (unpaired) electrons. The van der Waals surface area contributed by atoms with E-state index in [-0.39, 0.29) is 38.9 Å². The van der Waals surface area contributed by atoms with Crippen LogP contribution in [0.2, 0.25) is 0 Å². The highest BCUT2D eigenvalue weighted by atomic mass is 19.4. The number of halogens is 8. The summed E-state index contributed by atoms with van der Waals surface area (Å²) < 4.78 is 112. The number of ether oxygens (including phenoxy) is 2. The number of benzene rings is 3. The van der Waals surface area contributed by atoms with Gasteiger partial charge >= 0.3 is 24.7 Å². The van der Waals surface area contributed by atoms with E-state index in [2.05, 4.69) is 9.47 Å². The van der Waals surface area contributed by atoms with Crippen molar-refractivity contribution >= 4 is 23.3 Å². The summed E-state index contributed by atoms with van der Waals surface area (Å²) in [6.07, 6.45) is -11.4.